The number of methoxy groups -OCH3 is 2. The fraction of sp³-hybridized carbons (Fsp3) is 0.321. The fourth-order valence-electron chi connectivity index (χ4n) is 3.93. The number of sulfonamides is 1. The largest absolute Gasteiger partial charge is 0.493 e. The molecule has 37 heavy (non-hydrogen) atoms. The van der Waals surface area contributed by atoms with Crippen LogP contribution in [0.2, 0.25) is 0 Å². The molecule has 1 amide bonds. The van der Waals surface area contributed by atoms with Gasteiger partial charge in [-0.1, -0.05) is 18.2 Å². The monoisotopic (exact) mass is 526 g/mol. The number of hydrogen-bond acceptors (Lipinski definition) is 6. The number of amides is 1. The molecule has 3 aromatic carbocycles. The van der Waals surface area contributed by atoms with E-state index in [0.717, 1.165) is 32.3 Å². The van der Waals surface area contributed by atoms with Crippen molar-refractivity contribution in [1.29, 1.82) is 0 Å². The smallest absolute Gasteiger partial charge is 0.264 e. The molecular weight excluding hydrogens is 492 g/mol. The van der Waals surface area contributed by atoms with Crippen molar-refractivity contribution in [3.05, 3.63) is 76.9 Å². The van der Waals surface area contributed by atoms with Gasteiger partial charge in [-0.2, -0.15) is 0 Å². The molecule has 0 aliphatic heterocycles. The number of rotatable bonds is 11. The van der Waals surface area contributed by atoms with Crippen LogP contribution in [0.4, 0.5) is 5.69 Å². The summed E-state index contributed by atoms with van der Waals surface area (Å²) in [5.41, 5.74) is 4.31. The summed E-state index contributed by atoms with van der Waals surface area (Å²) in [5, 5.41) is 2.77. The Morgan fingerprint density at radius 2 is 1.54 bits per heavy atom. The zero-order chi connectivity index (χ0) is 27.2. The summed E-state index contributed by atoms with van der Waals surface area (Å²) in [7, 11) is -1.21. The van der Waals surface area contributed by atoms with Gasteiger partial charge in [0.25, 0.3) is 10.0 Å². The van der Waals surface area contributed by atoms with Gasteiger partial charge in [-0.05, 0) is 80.3 Å². The average Bonchev–Trinajstić information content (AvgIpc) is 2.86. The van der Waals surface area contributed by atoms with Crippen LogP contribution >= 0.6 is 0 Å². The lowest BCUT2D eigenvalue weighted by molar-refractivity contribution is -0.119. The van der Waals surface area contributed by atoms with Crippen LogP contribution < -0.4 is 23.8 Å². The topological polar surface area (TPSA) is 94.2 Å². The Hall–Kier alpha value is -3.72. The van der Waals surface area contributed by atoms with E-state index in [1.54, 1.807) is 12.1 Å². The third-order valence-corrected chi connectivity index (χ3v) is 7.73. The van der Waals surface area contributed by atoms with Gasteiger partial charge in [-0.25, -0.2) is 8.42 Å². The van der Waals surface area contributed by atoms with Crippen molar-refractivity contribution in [2.75, 3.05) is 38.2 Å². The number of anilines is 1. The lowest BCUT2D eigenvalue weighted by Crippen LogP contribution is -2.42. The summed E-state index contributed by atoms with van der Waals surface area (Å²) in [6, 6.07) is 15.6. The molecule has 0 bridgehead atoms. The van der Waals surface area contributed by atoms with Crippen molar-refractivity contribution >= 4 is 21.6 Å². The maximum Gasteiger partial charge on any atom is 0.264 e. The molecule has 0 fully saturated rings. The number of ether oxygens (including phenoxy) is 3. The van der Waals surface area contributed by atoms with E-state index in [9.17, 15) is 13.2 Å². The van der Waals surface area contributed by atoms with Gasteiger partial charge in [0.15, 0.2) is 11.5 Å². The molecule has 0 aromatic heterocycles. The number of carbonyl (C=O) groups excluding carboxylic acids is 1. The summed E-state index contributed by atoms with van der Waals surface area (Å²) in [5.74, 6) is 0.980. The second kappa shape index (κ2) is 12.0. The van der Waals surface area contributed by atoms with E-state index in [1.807, 2.05) is 52.0 Å². The van der Waals surface area contributed by atoms with Gasteiger partial charge >= 0.3 is 0 Å². The van der Waals surface area contributed by atoms with Gasteiger partial charge in [-0.15, -0.1) is 0 Å². The predicted octanol–water partition coefficient (Wildman–Crippen LogP) is 4.33. The van der Waals surface area contributed by atoms with Crippen LogP contribution in [-0.4, -0.2) is 48.2 Å². The first-order valence-electron chi connectivity index (χ1n) is 11.9. The first-order chi connectivity index (χ1) is 17.6. The quantitative estimate of drug-likeness (QED) is 0.374. The second-order valence-corrected chi connectivity index (χ2v) is 10.6. The van der Waals surface area contributed by atoms with Gasteiger partial charge in [0.05, 0.1) is 31.3 Å². The lowest BCUT2D eigenvalue weighted by Gasteiger charge is -2.25. The molecule has 9 heteroatoms. The Morgan fingerprint density at radius 3 is 2.19 bits per heavy atom. The molecule has 8 nitrogen and oxygen atoms in total. The van der Waals surface area contributed by atoms with Crippen LogP contribution in [0.5, 0.6) is 17.2 Å². The highest BCUT2D eigenvalue weighted by atomic mass is 32.2. The van der Waals surface area contributed by atoms with Crippen molar-refractivity contribution in [2.24, 2.45) is 0 Å². The highest BCUT2D eigenvalue weighted by Crippen LogP contribution is 2.32. The summed E-state index contributed by atoms with van der Waals surface area (Å²) in [6.07, 6.45) is 0. The van der Waals surface area contributed by atoms with Gasteiger partial charge < -0.3 is 19.5 Å². The number of aryl methyl sites for hydroxylation is 3. The Kier molecular flexibility index (Phi) is 9.04. The number of carbonyl (C=O) groups is 1. The third-order valence-electron chi connectivity index (χ3n) is 5.96. The van der Waals surface area contributed by atoms with Crippen LogP contribution in [-0.2, 0) is 14.8 Å². The van der Waals surface area contributed by atoms with Gasteiger partial charge in [-0.3, -0.25) is 9.10 Å². The SMILES string of the molecule is COc1ccc(S(=O)(=O)N(CC(=O)NCCOc2cccc(C)c2C)c2cc(C)cc(C)c2)cc1OC. The molecule has 0 atom stereocenters. The predicted molar refractivity (Wildman–Crippen MR) is 144 cm³/mol. The zero-order valence-corrected chi connectivity index (χ0v) is 22.9. The Balaban J connectivity index is 1.82. The summed E-state index contributed by atoms with van der Waals surface area (Å²) in [6.45, 7) is 7.81. The van der Waals surface area contributed by atoms with E-state index in [4.69, 9.17) is 14.2 Å². The van der Waals surface area contributed by atoms with Gasteiger partial charge in [0, 0.05) is 6.07 Å². The number of nitrogens with one attached hydrogen (secondary N) is 1. The summed E-state index contributed by atoms with van der Waals surface area (Å²) in [4.78, 5) is 12.9. The summed E-state index contributed by atoms with van der Waals surface area (Å²) >= 11 is 0. The molecule has 0 saturated carbocycles. The Morgan fingerprint density at radius 1 is 0.865 bits per heavy atom. The number of benzene rings is 3. The third kappa shape index (κ3) is 6.74. The molecular formula is C28H34N2O6S. The van der Waals surface area contributed by atoms with E-state index in [2.05, 4.69) is 5.32 Å². The summed E-state index contributed by atoms with van der Waals surface area (Å²) < 4.78 is 45.0. The molecule has 0 heterocycles. The molecule has 0 aliphatic rings. The maximum absolute atomic E-state index is 13.8. The molecule has 198 valence electrons. The molecule has 0 spiro atoms. The molecule has 3 rings (SSSR count). The van der Waals surface area contributed by atoms with E-state index in [0.29, 0.717) is 11.4 Å². The molecule has 0 saturated heterocycles. The Labute approximate surface area is 219 Å². The molecule has 1 N–H and O–H groups in total. The lowest BCUT2D eigenvalue weighted by atomic mass is 10.1. The standard InChI is InChI=1S/C28H34N2O6S/c1-19-14-20(2)16-23(15-19)30(37(32,33)24-10-11-26(34-5)27(17-24)35-6)18-28(31)29-12-13-36-25-9-7-8-21(3)22(25)4/h7-11,14-17H,12-13,18H2,1-6H3,(H,29,31). The van der Waals surface area contributed by atoms with E-state index in [1.165, 1.54) is 32.4 Å². The number of nitrogens with zero attached hydrogens (tertiary/aromatic N) is 1. The van der Waals surface area contributed by atoms with Crippen molar-refractivity contribution in [2.45, 2.75) is 32.6 Å². The molecule has 0 radical (unpaired) electrons. The molecule has 0 unspecified atom stereocenters. The van der Waals surface area contributed by atoms with E-state index < -0.39 is 22.5 Å². The van der Waals surface area contributed by atoms with Crippen molar-refractivity contribution < 1.29 is 27.4 Å². The van der Waals surface area contributed by atoms with E-state index >= 15 is 0 Å². The van der Waals surface area contributed by atoms with Gasteiger partial charge in [0.2, 0.25) is 5.91 Å². The van der Waals surface area contributed by atoms with Crippen molar-refractivity contribution in [1.82, 2.24) is 5.32 Å². The minimum Gasteiger partial charge on any atom is -0.493 e. The maximum atomic E-state index is 13.8. The fourth-order valence-corrected chi connectivity index (χ4v) is 5.35. The molecule has 3 aromatic rings. The first kappa shape index (κ1) is 27.9. The molecule has 0 aliphatic carbocycles. The van der Waals surface area contributed by atoms with E-state index in [-0.39, 0.29) is 23.8 Å². The minimum absolute atomic E-state index is 0.0182. The number of hydrogen-bond donors (Lipinski definition) is 1. The highest BCUT2D eigenvalue weighted by molar-refractivity contribution is 7.92. The van der Waals surface area contributed by atoms with Crippen LogP contribution in [0.1, 0.15) is 22.3 Å². The first-order valence-corrected chi connectivity index (χ1v) is 13.3. The minimum atomic E-state index is -4.12. The van der Waals surface area contributed by atoms with Crippen LogP contribution in [0.15, 0.2) is 59.5 Å². The second-order valence-electron chi connectivity index (χ2n) is 8.77. The Bertz CT molecular complexity index is 1350. The normalized spacial score (nSPS) is 11.1. The van der Waals surface area contributed by atoms with Crippen LogP contribution in [0.3, 0.4) is 0 Å². The van der Waals surface area contributed by atoms with Crippen LogP contribution in [0, 0.1) is 27.7 Å². The zero-order valence-electron chi connectivity index (χ0n) is 22.1. The average molecular weight is 527 g/mol. The van der Waals surface area contributed by atoms with Gasteiger partial charge in [0.1, 0.15) is 18.9 Å². The van der Waals surface area contributed by atoms with Crippen molar-refractivity contribution in [3.8, 4) is 17.2 Å². The van der Waals surface area contributed by atoms with Crippen LogP contribution in [0.25, 0.3) is 0 Å². The highest BCUT2D eigenvalue weighted by Gasteiger charge is 2.28. The van der Waals surface area contributed by atoms with Crippen molar-refractivity contribution in [3.63, 3.8) is 0 Å².